The van der Waals surface area contributed by atoms with Crippen LogP contribution in [0.25, 0.3) is 0 Å². The van der Waals surface area contributed by atoms with Crippen LogP contribution in [0.15, 0.2) is 18.2 Å². The van der Waals surface area contributed by atoms with Crippen molar-refractivity contribution in [3.05, 3.63) is 35.4 Å². The highest BCUT2D eigenvalue weighted by molar-refractivity contribution is 5.24. The molecule has 0 bridgehead atoms. The largest absolute Gasteiger partial charge is 0.376 e. The van der Waals surface area contributed by atoms with Crippen LogP contribution in [0.4, 0.5) is 8.78 Å². The van der Waals surface area contributed by atoms with Crippen LogP contribution in [-0.4, -0.2) is 19.8 Å². The molecule has 2 unspecified atom stereocenters. The van der Waals surface area contributed by atoms with Crippen molar-refractivity contribution < 1.29 is 13.5 Å². The molecule has 2 nitrogen and oxygen atoms in total. The molecule has 1 N–H and O–H groups in total. The van der Waals surface area contributed by atoms with Crippen molar-refractivity contribution in [2.75, 3.05) is 13.7 Å². The van der Waals surface area contributed by atoms with Gasteiger partial charge in [-0.05, 0) is 25.5 Å². The Labute approximate surface area is 114 Å². The lowest BCUT2D eigenvalue weighted by Crippen LogP contribution is -2.41. The number of nitrogens with one attached hydrogen (secondary N) is 1. The SMILES string of the molecule is CCOC(C(NC)c1cccc(F)c1F)C(C)(C)C. The average Bonchev–Trinajstić information content (AvgIpc) is 2.33. The maximum absolute atomic E-state index is 14.0. The Morgan fingerprint density at radius 3 is 2.37 bits per heavy atom. The lowest BCUT2D eigenvalue weighted by Gasteiger charge is -2.37. The van der Waals surface area contributed by atoms with E-state index in [0.29, 0.717) is 12.2 Å². The fourth-order valence-corrected chi connectivity index (χ4v) is 2.26. The van der Waals surface area contributed by atoms with Gasteiger partial charge in [-0.1, -0.05) is 32.9 Å². The molecular formula is C15H23F2NO. The number of hydrogen-bond donors (Lipinski definition) is 1. The Hall–Kier alpha value is -1.00. The van der Waals surface area contributed by atoms with Crippen molar-refractivity contribution in [3.63, 3.8) is 0 Å². The number of benzene rings is 1. The second-order valence-corrected chi connectivity index (χ2v) is 5.65. The van der Waals surface area contributed by atoms with Gasteiger partial charge in [-0.25, -0.2) is 8.78 Å². The van der Waals surface area contributed by atoms with E-state index < -0.39 is 17.7 Å². The van der Waals surface area contributed by atoms with E-state index in [-0.39, 0.29) is 11.5 Å². The van der Waals surface area contributed by atoms with Crippen molar-refractivity contribution in [1.29, 1.82) is 0 Å². The normalized spacial score (nSPS) is 15.3. The minimum Gasteiger partial charge on any atom is -0.376 e. The van der Waals surface area contributed by atoms with Gasteiger partial charge >= 0.3 is 0 Å². The van der Waals surface area contributed by atoms with Crippen LogP contribution >= 0.6 is 0 Å². The summed E-state index contributed by atoms with van der Waals surface area (Å²) >= 11 is 0. The van der Waals surface area contributed by atoms with E-state index in [2.05, 4.69) is 5.32 Å². The van der Waals surface area contributed by atoms with E-state index in [1.54, 1.807) is 13.1 Å². The lowest BCUT2D eigenvalue weighted by molar-refractivity contribution is -0.0358. The van der Waals surface area contributed by atoms with E-state index in [1.165, 1.54) is 6.07 Å². The summed E-state index contributed by atoms with van der Waals surface area (Å²) in [6, 6.07) is 3.84. The molecule has 19 heavy (non-hydrogen) atoms. The van der Waals surface area contributed by atoms with Crippen molar-refractivity contribution in [3.8, 4) is 0 Å². The fraction of sp³-hybridized carbons (Fsp3) is 0.600. The lowest BCUT2D eigenvalue weighted by atomic mass is 9.82. The molecular weight excluding hydrogens is 248 g/mol. The number of hydrogen-bond acceptors (Lipinski definition) is 2. The van der Waals surface area contributed by atoms with Crippen molar-refractivity contribution in [1.82, 2.24) is 5.32 Å². The van der Waals surface area contributed by atoms with Crippen molar-refractivity contribution >= 4 is 0 Å². The van der Waals surface area contributed by atoms with Gasteiger partial charge in [0.15, 0.2) is 11.6 Å². The minimum atomic E-state index is -0.832. The Morgan fingerprint density at radius 2 is 1.89 bits per heavy atom. The number of likely N-dealkylation sites (N-methyl/N-ethyl adjacent to an activating group) is 1. The Morgan fingerprint density at radius 1 is 1.26 bits per heavy atom. The van der Waals surface area contributed by atoms with Crippen LogP contribution < -0.4 is 5.32 Å². The summed E-state index contributed by atoms with van der Waals surface area (Å²) in [5.74, 6) is -1.64. The Kier molecular flexibility index (Phi) is 5.44. The van der Waals surface area contributed by atoms with Gasteiger partial charge in [0.25, 0.3) is 0 Å². The van der Waals surface area contributed by atoms with Crippen LogP contribution in [0.3, 0.4) is 0 Å². The van der Waals surface area contributed by atoms with Crippen LogP contribution in [0, 0.1) is 17.0 Å². The quantitative estimate of drug-likeness (QED) is 0.882. The van der Waals surface area contributed by atoms with Crippen LogP contribution in [0.2, 0.25) is 0 Å². The monoisotopic (exact) mass is 271 g/mol. The number of halogens is 2. The first-order valence-corrected chi connectivity index (χ1v) is 6.55. The standard InChI is InChI=1S/C15H23F2NO/c1-6-19-14(15(2,3)4)13(18-5)10-8-7-9-11(16)12(10)17/h7-9,13-14,18H,6H2,1-5H3. The summed E-state index contributed by atoms with van der Waals surface area (Å²) < 4.78 is 33.1. The molecule has 0 saturated heterocycles. The highest BCUT2D eigenvalue weighted by atomic mass is 19.2. The topological polar surface area (TPSA) is 21.3 Å². The zero-order valence-corrected chi connectivity index (χ0v) is 12.3. The molecule has 0 saturated carbocycles. The van der Waals surface area contributed by atoms with Gasteiger partial charge in [-0.2, -0.15) is 0 Å². The summed E-state index contributed by atoms with van der Waals surface area (Å²) in [6.45, 7) is 8.49. The minimum absolute atomic E-state index is 0.192. The summed E-state index contributed by atoms with van der Waals surface area (Å²) in [6.07, 6.45) is -0.251. The molecule has 0 radical (unpaired) electrons. The first-order valence-electron chi connectivity index (χ1n) is 6.55. The molecule has 0 amide bonds. The molecule has 108 valence electrons. The molecule has 2 atom stereocenters. The van der Waals surface area contributed by atoms with Gasteiger partial charge in [0.1, 0.15) is 0 Å². The van der Waals surface area contributed by atoms with E-state index >= 15 is 0 Å². The molecule has 0 aliphatic rings. The third-order valence-electron chi connectivity index (χ3n) is 3.13. The summed E-state index contributed by atoms with van der Waals surface area (Å²) in [5.41, 5.74) is 0.110. The molecule has 0 aromatic heterocycles. The molecule has 1 rings (SSSR count). The second-order valence-electron chi connectivity index (χ2n) is 5.65. The van der Waals surface area contributed by atoms with Crippen molar-refractivity contribution in [2.45, 2.75) is 39.8 Å². The van der Waals surface area contributed by atoms with Gasteiger partial charge in [-0.3, -0.25) is 0 Å². The van der Waals surface area contributed by atoms with E-state index in [4.69, 9.17) is 4.74 Å². The van der Waals surface area contributed by atoms with Gasteiger partial charge in [0, 0.05) is 12.2 Å². The summed E-state index contributed by atoms with van der Waals surface area (Å²) in [5, 5.41) is 3.05. The van der Waals surface area contributed by atoms with Gasteiger partial charge in [-0.15, -0.1) is 0 Å². The second kappa shape index (κ2) is 6.44. The third kappa shape index (κ3) is 3.74. The molecule has 4 heteroatoms. The smallest absolute Gasteiger partial charge is 0.163 e. The molecule has 1 aromatic carbocycles. The predicted octanol–water partition coefficient (Wildman–Crippen LogP) is 3.68. The zero-order chi connectivity index (χ0) is 14.6. The summed E-state index contributed by atoms with van der Waals surface area (Å²) in [4.78, 5) is 0. The number of rotatable bonds is 5. The Bertz CT molecular complexity index is 415. The maximum Gasteiger partial charge on any atom is 0.163 e. The van der Waals surface area contributed by atoms with Gasteiger partial charge in [0.05, 0.1) is 12.1 Å². The highest BCUT2D eigenvalue weighted by Gasteiger charge is 2.34. The van der Waals surface area contributed by atoms with E-state index in [1.807, 2.05) is 27.7 Å². The van der Waals surface area contributed by atoms with E-state index in [0.717, 1.165) is 6.07 Å². The molecule has 0 fully saturated rings. The Balaban J connectivity index is 3.20. The molecule has 0 aliphatic heterocycles. The highest BCUT2D eigenvalue weighted by Crippen LogP contribution is 2.34. The van der Waals surface area contributed by atoms with Gasteiger partial charge in [0.2, 0.25) is 0 Å². The van der Waals surface area contributed by atoms with Crippen molar-refractivity contribution in [2.24, 2.45) is 5.41 Å². The molecule has 0 spiro atoms. The van der Waals surface area contributed by atoms with Gasteiger partial charge < -0.3 is 10.1 Å². The molecule has 0 aliphatic carbocycles. The van der Waals surface area contributed by atoms with E-state index in [9.17, 15) is 8.78 Å². The molecule has 0 heterocycles. The zero-order valence-electron chi connectivity index (χ0n) is 12.3. The maximum atomic E-state index is 14.0. The molecule has 1 aromatic rings. The van der Waals surface area contributed by atoms with Crippen LogP contribution in [0.5, 0.6) is 0 Å². The fourth-order valence-electron chi connectivity index (χ4n) is 2.26. The third-order valence-corrected chi connectivity index (χ3v) is 3.13. The first-order chi connectivity index (χ1) is 8.82. The first kappa shape index (κ1) is 16.1. The summed E-state index contributed by atoms with van der Waals surface area (Å²) in [7, 11) is 1.73. The number of ether oxygens (including phenoxy) is 1. The van der Waals surface area contributed by atoms with Crippen LogP contribution in [0.1, 0.15) is 39.3 Å². The predicted molar refractivity (Wildman–Crippen MR) is 73.0 cm³/mol. The van der Waals surface area contributed by atoms with Crippen LogP contribution in [-0.2, 0) is 4.74 Å². The average molecular weight is 271 g/mol.